The number of rotatable bonds is 5. The molecule has 0 radical (unpaired) electrons. The molecular weight excluding hydrogens is 252 g/mol. The first-order valence-corrected chi connectivity index (χ1v) is 8.18. The van der Waals surface area contributed by atoms with Crippen LogP contribution in [0.1, 0.15) is 57.8 Å². The predicted octanol–water partition coefficient (Wildman–Crippen LogP) is 2.73. The van der Waals surface area contributed by atoms with E-state index in [1.165, 1.54) is 38.5 Å². The second kappa shape index (κ2) is 6.57. The maximum atomic E-state index is 5.86. The lowest BCUT2D eigenvalue weighted by Gasteiger charge is -2.43. The summed E-state index contributed by atoms with van der Waals surface area (Å²) in [5, 5.41) is 11.8. The lowest BCUT2D eigenvalue weighted by Crippen LogP contribution is -2.47. The van der Waals surface area contributed by atoms with Crippen LogP contribution in [0, 0.1) is 5.92 Å². The lowest BCUT2D eigenvalue weighted by atomic mass is 9.78. The highest BCUT2D eigenvalue weighted by Gasteiger charge is 2.35. The molecule has 0 spiro atoms. The lowest BCUT2D eigenvalue weighted by molar-refractivity contribution is 0.234. The summed E-state index contributed by atoms with van der Waals surface area (Å²) < 4.78 is 5.86. The number of nitrogens with zero attached hydrogens (tertiary/aromatic N) is 3. The Morgan fingerprint density at radius 3 is 2.95 bits per heavy atom. The van der Waals surface area contributed by atoms with Crippen LogP contribution < -0.4 is 10.2 Å². The third kappa shape index (κ3) is 2.97. The summed E-state index contributed by atoms with van der Waals surface area (Å²) in [5.41, 5.74) is 0. The van der Waals surface area contributed by atoms with E-state index < -0.39 is 0 Å². The third-order valence-corrected chi connectivity index (χ3v) is 4.65. The van der Waals surface area contributed by atoms with Gasteiger partial charge in [0.25, 0.3) is 0 Å². The van der Waals surface area contributed by atoms with Crippen molar-refractivity contribution >= 4 is 6.01 Å². The molecule has 5 nitrogen and oxygen atoms in total. The van der Waals surface area contributed by atoms with Crippen molar-refractivity contribution in [3.8, 4) is 0 Å². The maximum absolute atomic E-state index is 5.86. The Labute approximate surface area is 121 Å². The van der Waals surface area contributed by atoms with Crippen LogP contribution in [-0.2, 0) is 6.54 Å². The topological polar surface area (TPSA) is 54.2 Å². The highest BCUT2D eigenvalue weighted by Crippen LogP contribution is 2.37. The van der Waals surface area contributed by atoms with Crippen molar-refractivity contribution in [1.82, 2.24) is 15.5 Å². The van der Waals surface area contributed by atoms with E-state index in [9.17, 15) is 0 Å². The second-order valence-corrected chi connectivity index (χ2v) is 6.10. The zero-order valence-electron chi connectivity index (χ0n) is 12.5. The Kier molecular flexibility index (Phi) is 4.55. The molecule has 2 atom stereocenters. The standard InChI is InChI=1S/C15H26N4O/c1-2-9-16-11-14-17-18-15(20-14)19-10-5-7-12-6-3-4-8-13(12)19/h12-13,16H,2-11H2,1H3. The van der Waals surface area contributed by atoms with Crippen LogP contribution in [0.5, 0.6) is 0 Å². The summed E-state index contributed by atoms with van der Waals surface area (Å²) in [4.78, 5) is 2.38. The van der Waals surface area contributed by atoms with Gasteiger partial charge >= 0.3 is 6.01 Å². The summed E-state index contributed by atoms with van der Waals surface area (Å²) in [6, 6.07) is 1.38. The molecule has 20 heavy (non-hydrogen) atoms. The Morgan fingerprint density at radius 1 is 1.20 bits per heavy atom. The van der Waals surface area contributed by atoms with Gasteiger partial charge in [-0.25, -0.2) is 0 Å². The molecule has 2 fully saturated rings. The van der Waals surface area contributed by atoms with Crippen LogP contribution in [-0.4, -0.2) is 29.3 Å². The van der Waals surface area contributed by atoms with Gasteiger partial charge in [-0.05, 0) is 44.6 Å². The van der Waals surface area contributed by atoms with Gasteiger partial charge in [0.1, 0.15) is 0 Å². The normalized spacial score (nSPS) is 26.6. The molecule has 1 aromatic rings. The highest BCUT2D eigenvalue weighted by molar-refractivity contribution is 5.28. The summed E-state index contributed by atoms with van der Waals surface area (Å²) >= 11 is 0. The Hall–Kier alpha value is -1.10. The number of nitrogens with one attached hydrogen (secondary N) is 1. The van der Waals surface area contributed by atoms with E-state index in [2.05, 4.69) is 27.3 Å². The van der Waals surface area contributed by atoms with Crippen molar-refractivity contribution in [2.45, 2.75) is 64.5 Å². The average molecular weight is 278 g/mol. The molecule has 0 aromatic carbocycles. The molecular formula is C15H26N4O. The first-order valence-electron chi connectivity index (χ1n) is 8.18. The SMILES string of the molecule is CCCNCc1nnc(N2CCCC3CCCCC32)o1. The van der Waals surface area contributed by atoms with Crippen LogP contribution in [0.15, 0.2) is 4.42 Å². The quantitative estimate of drug-likeness (QED) is 0.839. The van der Waals surface area contributed by atoms with Gasteiger partial charge in [-0.2, -0.15) is 0 Å². The van der Waals surface area contributed by atoms with Crippen molar-refractivity contribution in [2.75, 3.05) is 18.0 Å². The molecule has 1 aromatic heterocycles. The minimum atomic E-state index is 0.634. The summed E-state index contributed by atoms with van der Waals surface area (Å²) in [7, 11) is 0. The smallest absolute Gasteiger partial charge is 0.318 e. The molecule has 2 unspecified atom stereocenters. The van der Waals surface area contributed by atoms with Crippen LogP contribution >= 0.6 is 0 Å². The number of fused-ring (bicyclic) bond motifs is 1. The van der Waals surface area contributed by atoms with Gasteiger partial charge in [0, 0.05) is 12.6 Å². The number of hydrogen-bond donors (Lipinski definition) is 1. The van der Waals surface area contributed by atoms with Gasteiger partial charge in [0.15, 0.2) is 0 Å². The summed E-state index contributed by atoms with van der Waals surface area (Å²) in [6.07, 6.45) is 9.16. The molecule has 1 saturated heterocycles. The van der Waals surface area contributed by atoms with Crippen LogP contribution in [0.4, 0.5) is 6.01 Å². The zero-order valence-corrected chi connectivity index (χ0v) is 12.5. The molecule has 1 aliphatic carbocycles. The third-order valence-electron chi connectivity index (χ3n) is 4.65. The largest absolute Gasteiger partial charge is 0.407 e. The monoisotopic (exact) mass is 278 g/mol. The average Bonchev–Trinajstić information content (AvgIpc) is 2.96. The summed E-state index contributed by atoms with van der Waals surface area (Å²) in [6.45, 7) is 4.91. The van der Waals surface area contributed by atoms with E-state index in [-0.39, 0.29) is 0 Å². The van der Waals surface area contributed by atoms with Gasteiger partial charge in [0.05, 0.1) is 6.54 Å². The number of aromatic nitrogens is 2. The number of anilines is 1. The van der Waals surface area contributed by atoms with Crippen molar-refractivity contribution < 1.29 is 4.42 Å². The molecule has 2 aliphatic rings. The predicted molar refractivity (Wildman–Crippen MR) is 78.6 cm³/mol. The van der Waals surface area contributed by atoms with Gasteiger partial charge in [-0.3, -0.25) is 0 Å². The fraction of sp³-hybridized carbons (Fsp3) is 0.867. The van der Waals surface area contributed by atoms with E-state index in [0.29, 0.717) is 18.5 Å². The first-order chi connectivity index (χ1) is 9.88. The van der Waals surface area contributed by atoms with Crippen LogP contribution in [0.3, 0.4) is 0 Å². The van der Waals surface area contributed by atoms with E-state index in [1.54, 1.807) is 0 Å². The molecule has 1 aliphatic heterocycles. The molecule has 112 valence electrons. The molecule has 3 rings (SSSR count). The first kappa shape index (κ1) is 13.9. The zero-order chi connectivity index (χ0) is 13.8. The molecule has 2 heterocycles. The molecule has 0 bridgehead atoms. The van der Waals surface area contributed by atoms with Crippen molar-refractivity contribution in [2.24, 2.45) is 5.92 Å². The Morgan fingerprint density at radius 2 is 2.05 bits per heavy atom. The Balaban J connectivity index is 1.65. The van der Waals surface area contributed by atoms with Crippen LogP contribution in [0.25, 0.3) is 0 Å². The highest BCUT2D eigenvalue weighted by atomic mass is 16.4. The Bertz CT molecular complexity index is 418. The molecule has 5 heteroatoms. The minimum Gasteiger partial charge on any atom is -0.407 e. The van der Waals surface area contributed by atoms with Crippen molar-refractivity contribution in [3.05, 3.63) is 5.89 Å². The molecule has 1 saturated carbocycles. The van der Waals surface area contributed by atoms with Gasteiger partial charge in [-0.1, -0.05) is 24.9 Å². The fourth-order valence-corrected chi connectivity index (χ4v) is 3.67. The van der Waals surface area contributed by atoms with Gasteiger partial charge < -0.3 is 14.6 Å². The maximum Gasteiger partial charge on any atom is 0.318 e. The fourth-order valence-electron chi connectivity index (χ4n) is 3.67. The van der Waals surface area contributed by atoms with Crippen LogP contribution in [0.2, 0.25) is 0 Å². The van der Waals surface area contributed by atoms with Crippen molar-refractivity contribution in [1.29, 1.82) is 0 Å². The van der Waals surface area contributed by atoms with E-state index in [4.69, 9.17) is 4.42 Å². The minimum absolute atomic E-state index is 0.634. The number of hydrogen-bond acceptors (Lipinski definition) is 5. The summed E-state index contributed by atoms with van der Waals surface area (Å²) in [5.74, 6) is 1.55. The van der Waals surface area contributed by atoms with Gasteiger partial charge in [-0.15, -0.1) is 5.10 Å². The van der Waals surface area contributed by atoms with Crippen molar-refractivity contribution in [3.63, 3.8) is 0 Å². The number of piperidine rings is 1. The second-order valence-electron chi connectivity index (χ2n) is 6.10. The van der Waals surface area contributed by atoms with E-state index in [0.717, 1.165) is 31.4 Å². The van der Waals surface area contributed by atoms with E-state index in [1.807, 2.05) is 0 Å². The molecule has 1 N–H and O–H groups in total. The van der Waals surface area contributed by atoms with E-state index >= 15 is 0 Å². The molecule has 0 amide bonds. The van der Waals surface area contributed by atoms with Gasteiger partial charge in [0.2, 0.25) is 5.89 Å².